The van der Waals surface area contributed by atoms with E-state index >= 15 is 0 Å². The Morgan fingerprint density at radius 2 is 2.27 bits per heavy atom. The standard InChI is InChI=1S/C8H4FNO/c9-7-3-1-2-6(4-7)8(11)5-10/h1-4H. The first kappa shape index (κ1) is 7.42. The number of rotatable bonds is 1. The zero-order chi connectivity index (χ0) is 8.27. The molecule has 0 saturated carbocycles. The SMILES string of the molecule is N#CC(=O)c1cccc(F)c1. The third-order valence-corrected chi connectivity index (χ3v) is 1.19. The van der Waals surface area contributed by atoms with Crippen molar-refractivity contribution in [1.29, 1.82) is 5.26 Å². The van der Waals surface area contributed by atoms with Crippen LogP contribution in [0.15, 0.2) is 24.3 Å². The van der Waals surface area contributed by atoms with Crippen molar-refractivity contribution in [2.45, 2.75) is 0 Å². The Bertz CT molecular complexity index is 327. The molecule has 0 spiro atoms. The second kappa shape index (κ2) is 2.93. The van der Waals surface area contributed by atoms with Gasteiger partial charge in [-0.25, -0.2) is 4.39 Å². The minimum absolute atomic E-state index is 0.0903. The minimum atomic E-state index is -0.718. The topological polar surface area (TPSA) is 40.9 Å². The van der Waals surface area contributed by atoms with Crippen LogP contribution in [0.5, 0.6) is 0 Å². The molecule has 0 aliphatic heterocycles. The molecule has 0 aliphatic carbocycles. The first-order chi connectivity index (χ1) is 5.24. The molecular formula is C8H4FNO. The van der Waals surface area contributed by atoms with E-state index in [9.17, 15) is 9.18 Å². The highest BCUT2D eigenvalue weighted by molar-refractivity contribution is 6.07. The van der Waals surface area contributed by atoms with Gasteiger partial charge in [-0.1, -0.05) is 12.1 Å². The quantitative estimate of drug-likeness (QED) is 0.448. The number of benzene rings is 1. The van der Waals surface area contributed by atoms with Crippen molar-refractivity contribution in [3.63, 3.8) is 0 Å². The molecule has 0 heterocycles. The van der Waals surface area contributed by atoms with Gasteiger partial charge in [-0.2, -0.15) is 5.26 Å². The van der Waals surface area contributed by atoms with Gasteiger partial charge in [-0.15, -0.1) is 0 Å². The van der Waals surface area contributed by atoms with Gasteiger partial charge in [0.05, 0.1) is 0 Å². The van der Waals surface area contributed by atoms with Crippen LogP contribution < -0.4 is 0 Å². The fourth-order valence-electron chi connectivity index (χ4n) is 0.694. The highest BCUT2D eigenvalue weighted by atomic mass is 19.1. The lowest BCUT2D eigenvalue weighted by molar-refractivity contribution is 0.105. The van der Waals surface area contributed by atoms with Crippen LogP contribution in [-0.4, -0.2) is 5.78 Å². The van der Waals surface area contributed by atoms with Crippen molar-refractivity contribution in [1.82, 2.24) is 0 Å². The molecule has 0 amide bonds. The Kier molecular flexibility index (Phi) is 1.98. The fraction of sp³-hybridized carbons (Fsp3) is 0. The summed E-state index contributed by atoms with van der Waals surface area (Å²) >= 11 is 0. The summed E-state index contributed by atoms with van der Waals surface area (Å²) in [4.78, 5) is 10.6. The van der Waals surface area contributed by atoms with Crippen molar-refractivity contribution in [3.05, 3.63) is 35.6 Å². The Hall–Kier alpha value is -1.69. The number of Topliss-reactive ketones (excluding diaryl/α,β-unsaturated/α-hetero) is 1. The summed E-state index contributed by atoms with van der Waals surface area (Å²) in [5, 5.41) is 8.16. The molecule has 1 rings (SSSR count). The van der Waals surface area contributed by atoms with Crippen LogP contribution in [-0.2, 0) is 0 Å². The number of hydrogen-bond donors (Lipinski definition) is 0. The molecular weight excluding hydrogens is 145 g/mol. The average Bonchev–Trinajstić information content (AvgIpc) is 2.03. The van der Waals surface area contributed by atoms with Crippen molar-refractivity contribution >= 4 is 5.78 Å². The number of hydrogen-bond acceptors (Lipinski definition) is 2. The number of nitrogens with zero attached hydrogens (tertiary/aromatic N) is 1. The number of nitriles is 1. The number of carbonyl (C=O) groups is 1. The van der Waals surface area contributed by atoms with Crippen LogP contribution in [0.2, 0.25) is 0 Å². The van der Waals surface area contributed by atoms with Crippen molar-refractivity contribution in [3.8, 4) is 6.07 Å². The van der Waals surface area contributed by atoms with Crippen molar-refractivity contribution in [2.24, 2.45) is 0 Å². The summed E-state index contributed by atoms with van der Waals surface area (Å²) in [5.41, 5.74) is 0.0903. The van der Waals surface area contributed by atoms with E-state index in [1.54, 1.807) is 0 Å². The average molecular weight is 149 g/mol. The number of carbonyl (C=O) groups excluding carboxylic acids is 1. The maximum absolute atomic E-state index is 12.4. The van der Waals surface area contributed by atoms with Gasteiger partial charge in [0.2, 0.25) is 0 Å². The van der Waals surface area contributed by atoms with Crippen LogP contribution in [0.4, 0.5) is 4.39 Å². The van der Waals surface area contributed by atoms with E-state index in [0.29, 0.717) is 0 Å². The molecule has 0 unspecified atom stereocenters. The maximum Gasteiger partial charge on any atom is 0.262 e. The van der Waals surface area contributed by atoms with Gasteiger partial charge in [0, 0.05) is 5.56 Å². The predicted molar refractivity (Wildman–Crippen MR) is 36.3 cm³/mol. The summed E-state index contributed by atoms with van der Waals surface area (Å²) in [6, 6.07) is 6.44. The second-order valence-corrected chi connectivity index (χ2v) is 1.95. The van der Waals surface area contributed by atoms with Crippen LogP contribution >= 0.6 is 0 Å². The molecule has 11 heavy (non-hydrogen) atoms. The molecule has 2 nitrogen and oxygen atoms in total. The van der Waals surface area contributed by atoms with Crippen LogP contribution in [0.3, 0.4) is 0 Å². The largest absolute Gasteiger partial charge is 0.277 e. The molecule has 1 aromatic rings. The summed E-state index contributed by atoms with van der Waals surface area (Å²) in [6.45, 7) is 0. The summed E-state index contributed by atoms with van der Waals surface area (Å²) in [6.07, 6.45) is 0. The van der Waals surface area contributed by atoms with E-state index in [1.807, 2.05) is 0 Å². The van der Waals surface area contributed by atoms with E-state index in [0.717, 1.165) is 6.07 Å². The smallest absolute Gasteiger partial charge is 0.262 e. The number of halogens is 1. The number of ketones is 1. The molecule has 0 fully saturated rings. The van der Waals surface area contributed by atoms with Gasteiger partial charge in [0.25, 0.3) is 5.78 Å². The third kappa shape index (κ3) is 1.62. The monoisotopic (exact) mass is 149 g/mol. The minimum Gasteiger partial charge on any atom is -0.277 e. The Morgan fingerprint density at radius 1 is 1.55 bits per heavy atom. The lowest BCUT2D eigenvalue weighted by atomic mass is 10.1. The van der Waals surface area contributed by atoms with Gasteiger partial charge in [0.15, 0.2) is 0 Å². The predicted octanol–water partition coefficient (Wildman–Crippen LogP) is 1.53. The Balaban J connectivity index is 3.08. The van der Waals surface area contributed by atoms with E-state index in [2.05, 4.69) is 0 Å². The fourth-order valence-corrected chi connectivity index (χ4v) is 0.694. The molecule has 0 N–H and O–H groups in total. The summed E-state index contributed by atoms with van der Waals surface area (Å²) < 4.78 is 12.4. The normalized spacial score (nSPS) is 8.73. The molecule has 1 aromatic carbocycles. The summed E-state index contributed by atoms with van der Waals surface area (Å²) in [5.74, 6) is -1.23. The third-order valence-electron chi connectivity index (χ3n) is 1.19. The zero-order valence-electron chi connectivity index (χ0n) is 5.54. The highest BCUT2D eigenvalue weighted by Gasteiger charge is 2.03. The van der Waals surface area contributed by atoms with Crippen LogP contribution in [0.1, 0.15) is 10.4 Å². The zero-order valence-corrected chi connectivity index (χ0v) is 5.54. The van der Waals surface area contributed by atoms with Crippen molar-refractivity contribution in [2.75, 3.05) is 0 Å². The van der Waals surface area contributed by atoms with Gasteiger partial charge < -0.3 is 0 Å². The molecule has 54 valence electrons. The lowest BCUT2D eigenvalue weighted by Crippen LogP contribution is -1.94. The Morgan fingerprint density at radius 3 is 2.82 bits per heavy atom. The maximum atomic E-state index is 12.4. The second-order valence-electron chi connectivity index (χ2n) is 1.95. The Labute approximate surface area is 62.9 Å². The molecule has 0 atom stereocenters. The van der Waals surface area contributed by atoms with E-state index in [1.165, 1.54) is 24.3 Å². The van der Waals surface area contributed by atoms with Gasteiger partial charge in [0.1, 0.15) is 11.9 Å². The van der Waals surface area contributed by atoms with E-state index < -0.39 is 11.6 Å². The molecule has 0 aliphatic rings. The first-order valence-corrected chi connectivity index (χ1v) is 2.94. The molecule has 0 aromatic heterocycles. The molecule has 0 bridgehead atoms. The first-order valence-electron chi connectivity index (χ1n) is 2.94. The molecule has 3 heteroatoms. The van der Waals surface area contributed by atoms with Crippen molar-refractivity contribution < 1.29 is 9.18 Å². The van der Waals surface area contributed by atoms with Crippen LogP contribution in [0.25, 0.3) is 0 Å². The molecule has 0 radical (unpaired) electrons. The van der Waals surface area contributed by atoms with E-state index in [4.69, 9.17) is 5.26 Å². The lowest BCUT2D eigenvalue weighted by Gasteiger charge is -1.90. The molecule has 0 saturated heterocycles. The van der Waals surface area contributed by atoms with E-state index in [-0.39, 0.29) is 5.56 Å². The summed E-state index contributed by atoms with van der Waals surface area (Å²) in [7, 11) is 0. The van der Waals surface area contributed by atoms with Gasteiger partial charge >= 0.3 is 0 Å². The van der Waals surface area contributed by atoms with Gasteiger partial charge in [-0.05, 0) is 12.1 Å². The van der Waals surface area contributed by atoms with Crippen LogP contribution in [0, 0.1) is 17.1 Å². The van der Waals surface area contributed by atoms with Gasteiger partial charge in [-0.3, -0.25) is 4.79 Å². The highest BCUT2D eigenvalue weighted by Crippen LogP contribution is 2.03.